The number of hydrogen-bond acceptors (Lipinski definition) is 4. The van der Waals surface area contributed by atoms with Crippen LogP contribution in [-0.4, -0.2) is 23.6 Å². The van der Waals surface area contributed by atoms with Crippen LogP contribution in [0.15, 0.2) is 60.7 Å². The molecule has 4 unspecified atom stereocenters. The van der Waals surface area contributed by atoms with Gasteiger partial charge in [0.2, 0.25) is 23.6 Å². The average molecular weight is 374 g/mol. The Morgan fingerprint density at radius 2 is 0.786 bits per heavy atom. The first kappa shape index (κ1) is 16.9. The molecule has 4 amide bonds. The fourth-order valence-corrected chi connectivity index (χ4v) is 4.84. The second-order valence-corrected chi connectivity index (χ2v) is 7.59. The lowest BCUT2D eigenvalue weighted by molar-refractivity contribution is -0.129. The van der Waals surface area contributed by atoms with Crippen LogP contribution in [0.1, 0.15) is 12.8 Å². The van der Waals surface area contributed by atoms with Crippen LogP contribution in [0.2, 0.25) is 0 Å². The zero-order chi connectivity index (χ0) is 19.4. The maximum atomic E-state index is 13.0. The van der Waals surface area contributed by atoms with E-state index in [1.165, 1.54) is 9.80 Å². The van der Waals surface area contributed by atoms with Gasteiger partial charge in [0.15, 0.2) is 0 Å². The van der Waals surface area contributed by atoms with Gasteiger partial charge in [-0.25, -0.2) is 0 Å². The monoisotopic (exact) mass is 374 g/mol. The van der Waals surface area contributed by atoms with Crippen LogP contribution in [0, 0.1) is 23.7 Å². The molecular formula is C22H18N2O4. The van der Waals surface area contributed by atoms with E-state index in [1.807, 2.05) is 12.1 Å². The molecule has 5 rings (SSSR count). The van der Waals surface area contributed by atoms with Crippen molar-refractivity contribution in [2.75, 3.05) is 9.80 Å². The predicted molar refractivity (Wildman–Crippen MR) is 101 cm³/mol. The number of carbonyl (C=O) groups excluding carboxylic acids is 4. The summed E-state index contributed by atoms with van der Waals surface area (Å²) in [5, 5.41) is 0. The molecule has 6 heteroatoms. The molecule has 1 saturated carbocycles. The van der Waals surface area contributed by atoms with E-state index in [-0.39, 0.29) is 36.5 Å². The van der Waals surface area contributed by atoms with Crippen molar-refractivity contribution in [1.82, 2.24) is 0 Å². The second kappa shape index (κ2) is 6.12. The van der Waals surface area contributed by atoms with Gasteiger partial charge in [-0.3, -0.25) is 29.0 Å². The maximum Gasteiger partial charge on any atom is 0.237 e. The highest BCUT2D eigenvalue weighted by atomic mass is 16.2. The highest BCUT2D eigenvalue weighted by Gasteiger charge is 2.60. The van der Waals surface area contributed by atoms with Crippen LogP contribution >= 0.6 is 0 Å². The zero-order valence-corrected chi connectivity index (χ0v) is 15.0. The standard InChI is InChI=1S/C22H18N2O4/c25-19-15-11-17-18(22(28)24(21(17)27)14-9-5-2-6-10-14)12-16(15)20(26)23(19)13-7-3-1-4-8-13/h1-10,15-18H,11-12H2. The number of imide groups is 2. The van der Waals surface area contributed by atoms with Gasteiger partial charge in [-0.05, 0) is 37.1 Å². The van der Waals surface area contributed by atoms with E-state index in [9.17, 15) is 19.2 Å². The largest absolute Gasteiger partial charge is 0.274 e. The number of benzene rings is 2. The third-order valence-corrected chi connectivity index (χ3v) is 6.17. The summed E-state index contributed by atoms with van der Waals surface area (Å²) >= 11 is 0. The molecule has 2 aliphatic heterocycles. The number of hydrogen-bond donors (Lipinski definition) is 0. The minimum atomic E-state index is -0.540. The van der Waals surface area contributed by atoms with Gasteiger partial charge >= 0.3 is 0 Å². The van der Waals surface area contributed by atoms with E-state index < -0.39 is 23.7 Å². The van der Waals surface area contributed by atoms with Crippen molar-refractivity contribution < 1.29 is 19.2 Å². The summed E-state index contributed by atoms with van der Waals surface area (Å²) in [6, 6.07) is 17.6. The molecule has 0 aromatic heterocycles. The molecule has 2 heterocycles. The van der Waals surface area contributed by atoms with E-state index in [0.717, 1.165) is 0 Å². The first-order valence-corrected chi connectivity index (χ1v) is 9.43. The lowest BCUT2D eigenvalue weighted by Crippen LogP contribution is -2.35. The fraction of sp³-hybridized carbons (Fsp3) is 0.273. The summed E-state index contributed by atoms with van der Waals surface area (Å²) in [5.74, 6) is -3.22. The van der Waals surface area contributed by atoms with Crippen LogP contribution < -0.4 is 9.80 Å². The Labute approximate surface area is 161 Å². The lowest BCUT2D eigenvalue weighted by Gasteiger charge is -2.28. The highest BCUT2D eigenvalue weighted by molar-refractivity contribution is 6.25. The van der Waals surface area contributed by atoms with Crippen molar-refractivity contribution in [3.63, 3.8) is 0 Å². The summed E-state index contributed by atoms with van der Waals surface area (Å²) in [6.07, 6.45) is 0.494. The van der Waals surface area contributed by atoms with Crippen molar-refractivity contribution in [2.24, 2.45) is 23.7 Å². The van der Waals surface area contributed by atoms with Crippen molar-refractivity contribution >= 4 is 35.0 Å². The van der Waals surface area contributed by atoms with Gasteiger partial charge in [-0.15, -0.1) is 0 Å². The topological polar surface area (TPSA) is 74.8 Å². The molecule has 4 atom stereocenters. The molecule has 0 N–H and O–H groups in total. The van der Waals surface area contributed by atoms with Gasteiger partial charge in [0.1, 0.15) is 0 Å². The molecule has 2 aromatic carbocycles. The van der Waals surface area contributed by atoms with Gasteiger partial charge in [0.05, 0.1) is 35.0 Å². The zero-order valence-electron chi connectivity index (χ0n) is 15.0. The Hall–Kier alpha value is -3.28. The van der Waals surface area contributed by atoms with E-state index >= 15 is 0 Å². The first-order valence-electron chi connectivity index (χ1n) is 9.43. The number of anilines is 2. The number of fused-ring (bicyclic) bond motifs is 2. The van der Waals surface area contributed by atoms with Crippen molar-refractivity contribution in [3.05, 3.63) is 60.7 Å². The minimum absolute atomic E-state index is 0.247. The number of rotatable bonds is 2. The highest BCUT2D eigenvalue weighted by Crippen LogP contribution is 2.49. The molecule has 0 spiro atoms. The SMILES string of the molecule is O=C1C2CC3C(=O)N(c4ccccc4)C(=O)C3CC2C(=O)N1c1ccccc1. The number of nitrogens with zero attached hydrogens (tertiary/aromatic N) is 2. The Kier molecular flexibility index (Phi) is 3.69. The normalized spacial score (nSPS) is 29.3. The van der Waals surface area contributed by atoms with Gasteiger partial charge in [0, 0.05) is 0 Å². The van der Waals surface area contributed by atoms with Crippen LogP contribution in [0.3, 0.4) is 0 Å². The van der Waals surface area contributed by atoms with E-state index in [4.69, 9.17) is 0 Å². The third-order valence-electron chi connectivity index (χ3n) is 6.17. The number of amides is 4. The van der Waals surface area contributed by atoms with Crippen LogP contribution in [-0.2, 0) is 19.2 Å². The predicted octanol–water partition coefficient (Wildman–Crippen LogP) is 2.39. The molecule has 3 aliphatic rings. The van der Waals surface area contributed by atoms with Gasteiger partial charge in [-0.1, -0.05) is 36.4 Å². The van der Waals surface area contributed by atoms with Gasteiger partial charge in [0.25, 0.3) is 0 Å². The summed E-state index contributed by atoms with van der Waals surface area (Å²) < 4.78 is 0. The van der Waals surface area contributed by atoms with Crippen molar-refractivity contribution in [1.29, 1.82) is 0 Å². The molecule has 2 saturated heterocycles. The summed E-state index contributed by atoms with van der Waals surface area (Å²) in [4.78, 5) is 54.3. The quantitative estimate of drug-likeness (QED) is 0.757. The molecule has 0 radical (unpaired) electrons. The Morgan fingerprint density at radius 1 is 0.500 bits per heavy atom. The summed E-state index contributed by atoms with van der Waals surface area (Å²) in [6.45, 7) is 0. The van der Waals surface area contributed by atoms with E-state index in [0.29, 0.717) is 11.4 Å². The molecule has 1 aliphatic carbocycles. The van der Waals surface area contributed by atoms with Crippen LogP contribution in [0.5, 0.6) is 0 Å². The summed E-state index contributed by atoms with van der Waals surface area (Å²) in [5.41, 5.74) is 1.08. The van der Waals surface area contributed by atoms with E-state index in [1.54, 1.807) is 48.5 Å². The molecular weight excluding hydrogens is 356 g/mol. The maximum absolute atomic E-state index is 13.0. The van der Waals surface area contributed by atoms with Crippen molar-refractivity contribution in [2.45, 2.75) is 12.8 Å². The molecule has 3 fully saturated rings. The Bertz CT molecular complexity index is 867. The molecule has 6 nitrogen and oxygen atoms in total. The van der Waals surface area contributed by atoms with Crippen LogP contribution in [0.4, 0.5) is 11.4 Å². The smallest absolute Gasteiger partial charge is 0.237 e. The summed E-state index contributed by atoms with van der Waals surface area (Å²) in [7, 11) is 0. The van der Waals surface area contributed by atoms with Gasteiger partial charge < -0.3 is 0 Å². The number of carbonyl (C=O) groups is 4. The second-order valence-electron chi connectivity index (χ2n) is 7.59. The lowest BCUT2D eigenvalue weighted by atomic mass is 9.70. The minimum Gasteiger partial charge on any atom is -0.274 e. The Morgan fingerprint density at radius 3 is 1.07 bits per heavy atom. The molecule has 140 valence electrons. The number of para-hydroxylation sites is 2. The third kappa shape index (κ3) is 2.27. The molecule has 2 aromatic rings. The van der Waals surface area contributed by atoms with Crippen LogP contribution in [0.25, 0.3) is 0 Å². The average Bonchev–Trinajstić information content (AvgIpc) is 3.12. The van der Waals surface area contributed by atoms with E-state index in [2.05, 4.69) is 0 Å². The Balaban J connectivity index is 1.46. The first-order chi connectivity index (χ1) is 13.6. The molecule has 28 heavy (non-hydrogen) atoms. The molecule has 0 bridgehead atoms. The van der Waals surface area contributed by atoms with Crippen molar-refractivity contribution in [3.8, 4) is 0 Å². The fourth-order valence-electron chi connectivity index (χ4n) is 4.84. The van der Waals surface area contributed by atoms with Gasteiger partial charge in [-0.2, -0.15) is 0 Å².